The van der Waals surface area contributed by atoms with Crippen LogP contribution in [-0.2, 0) is 17.8 Å². The van der Waals surface area contributed by atoms with E-state index in [-0.39, 0.29) is 19.1 Å². The second kappa shape index (κ2) is 6.62. The van der Waals surface area contributed by atoms with Gasteiger partial charge in [0, 0.05) is 28.9 Å². The Kier molecular flexibility index (Phi) is 5.45. The molecule has 1 aromatic rings. The molecule has 1 aromatic heterocycles. The van der Waals surface area contributed by atoms with Gasteiger partial charge in [-0.1, -0.05) is 0 Å². The Bertz CT molecular complexity index is 338. The largest absolute Gasteiger partial charge is 0.481 e. The highest BCUT2D eigenvalue weighted by Crippen LogP contribution is 2.17. The number of aliphatic carboxylic acids is 1. The van der Waals surface area contributed by atoms with E-state index >= 15 is 0 Å². The first kappa shape index (κ1) is 13.2. The number of hydrogen-bond donors (Lipinski definition) is 3. The van der Waals surface area contributed by atoms with Crippen molar-refractivity contribution in [3.8, 4) is 0 Å². The molecule has 4 nitrogen and oxygen atoms in total. The van der Waals surface area contributed by atoms with Crippen LogP contribution in [0.2, 0.25) is 0 Å². The molecule has 1 unspecified atom stereocenters. The van der Waals surface area contributed by atoms with Crippen LogP contribution < -0.4 is 5.32 Å². The molecule has 1 heterocycles. The summed E-state index contributed by atoms with van der Waals surface area (Å²) in [5.74, 6) is -0.796. The van der Waals surface area contributed by atoms with Crippen LogP contribution in [0.4, 0.5) is 0 Å². The molecule has 0 saturated carbocycles. The normalized spacial score (nSPS) is 12.6. The van der Waals surface area contributed by atoms with E-state index in [1.165, 1.54) is 11.3 Å². The van der Waals surface area contributed by atoms with E-state index in [0.717, 1.165) is 22.7 Å². The van der Waals surface area contributed by atoms with Crippen LogP contribution in [0.5, 0.6) is 0 Å². The molecule has 90 valence electrons. The fraction of sp³-hybridized carbons (Fsp3) is 0.545. The van der Waals surface area contributed by atoms with Gasteiger partial charge < -0.3 is 15.5 Å². The average molecular weight is 243 g/mol. The van der Waals surface area contributed by atoms with Gasteiger partial charge in [0.05, 0.1) is 6.42 Å². The SMILES string of the molecule is CC(CCO)NCc1ccc(CC(=O)O)s1. The van der Waals surface area contributed by atoms with E-state index in [2.05, 4.69) is 5.32 Å². The van der Waals surface area contributed by atoms with Crippen molar-refractivity contribution in [3.63, 3.8) is 0 Å². The lowest BCUT2D eigenvalue weighted by Crippen LogP contribution is -2.25. The zero-order valence-electron chi connectivity index (χ0n) is 9.27. The first-order chi connectivity index (χ1) is 7.61. The summed E-state index contributed by atoms with van der Waals surface area (Å²) in [6.45, 7) is 2.93. The van der Waals surface area contributed by atoms with Crippen molar-refractivity contribution in [1.29, 1.82) is 0 Å². The lowest BCUT2D eigenvalue weighted by atomic mass is 10.2. The van der Waals surface area contributed by atoms with Gasteiger partial charge in [0.2, 0.25) is 0 Å². The summed E-state index contributed by atoms with van der Waals surface area (Å²) < 4.78 is 0. The Morgan fingerprint density at radius 1 is 1.50 bits per heavy atom. The molecule has 0 aliphatic carbocycles. The molecule has 0 radical (unpaired) electrons. The summed E-state index contributed by atoms with van der Waals surface area (Å²) in [4.78, 5) is 12.5. The van der Waals surface area contributed by atoms with E-state index in [0.29, 0.717) is 0 Å². The van der Waals surface area contributed by atoms with Crippen LogP contribution in [0.15, 0.2) is 12.1 Å². The molecule has 0 fully saturated rings. The Morgan fingerprint density at radius 3 is 2.81 bits per heavy atom. The van der Waals surface area contributed by atoms with Gasteiger partial charge in [0.1, 0.15) is 0 Å². The van der Waals surface area contributed by atoms with Crippen LogP contribution in [-0.4, -0.2) is 28.8 Å². The number of carboxylic acid groups (broad SMARTS) is 1. The first-order valence-corrected chi connectivity index (χ1v) is 6.07. The third-order valence-corrected chi connectivity index (χ3v) is 3.31. The topological polar surface area (TPSA) is 69.6 Å². The Morgan fingerprint density at radius 2 is 2.19 bits per heavy atom. The molecule has 16 heavy (non-hydrogen) atoms. The molecule has 1 rings (SSSR count). The number of aliphatic hydroxyl groups is 1. The Balaban J connectivity index is 2.37. The molecular weight excluding hydrogens is 226 g/mol. The lowest BCUT2D eigenvalue weighted by molar-refractivity contribution is -0.136. The highest BCUT2D eigenvalue weighted by Gasteiger charge is 2.05. The summed E-state index contributed by atoms with van der Waals surface area (Å²) in [5, 5.41) is 20.6. The predicted octanol–water partition coefficient (Wildman–Crippen LogP) is 1.24. The first-order valence-electron chi connectivity index (χ1n) is 5.25. The van der Waals surface area contributed by atoms with E-state index in [1.807, 2.05) is 19.1 Å². The third kappa shape index (κ3) is 4.74. The number of carbonyl (C=O) groups is 1. The number of nitrogens with one attached hydrogen (secondary N) is 1. The maximum atomic E-state index is 10.5. The molecule has 0 spiro atoms. The molecular formula is C11H17NO3S. The van der Waals surface area contributed by atoms with Crippen LogP contribution >= 0.6 is 11.3 Å². The van der Waals surface area contributed by atoms with Gasteiger partial charge in [-0.05, 0) is 25.5 Å². The quantitative estimate of drug-likeness (QED) is 0.674. The summed E-state index contributed by atoms with van der Waals surface area (Å²) in [6.07, 6.45) is 0.824. The third-order valence-electron chi connectivity index (χ3n) is 2.23. The van der Waals surface area contributed by atoms with Gasteiger partial charge in [0.25, 0.3) is 0 Å². The Labute approximate surface area is 98.9 Å². The molecule has 0 aliphatic rings. The maximum absolute atomic E-state index is 10.5. The van der Waals surface area contributed by atoms with Crippen LogP contribution in [0, 0.1) is 0 Å². The molecule has 0 bridgehead atoms. The highest BCUT2D eigenvalue weighted by molar-refractivity contribution is 7.12. The minimum atomic E-state index is -0.796. The second-order valence-corrected chi connectivity index (χ2v) is 4.99. The molecule has 0 aromatic carbocycles. The molecule has 0 saturated heterocycles. The number of hydrogen-bond acceptors (Lipinski definition) is 4. The van der Waals surface area contributed by atoms with Crippen LogP contribution in [0.1, 0.15) is 23.1 Å². The van der Waals surface area contributed by atoms with Crippen molar-refractivity contribution in [2.24, 2.45) is 0 Å². The second-order valence-electron chi connectivity index (χ2n) is 3.73. The summed E-state index contributed by atoms with van der Waals surface area (Å²) in [5.41, 5.74) is 0. The standard InChI is InChI=1S/C11H17NO3S/c1-8(4-5-13)12-7-10-3-2-9(16-10)6-11(14)15/h2-3,8,12-13H,4-7H2,1H3,(H,14,15). The van der Waals surface area contributed by atoms with Crippen LogP contribution in [0.25, 0.3) is 0 Å². The minimum absolute atomic E-state index is 0.0941. The van der Waals surface area contributed by atoms with Gasteiger partial charge in [-0.2, -0.15) is 0 Å². The lowest BCUT2D eigenvalue weighted by Gasteiger charge is -2.10. The fourth-order valence-electron chi connectivity index (χ4n) is 1.33. The Hall–Kier alpha value is -0.910. The van der Waals surface area contributed by atoms with Crippen molar-refractivity contribution in [1.82, 2.24) is 5.32 Å². The fourth-order valence-corrected chi connectivity index (χ4v) is 2.29. The number of carboxylic acids is 1. The van der Waals surface area contributed by atoms with Crippen molar-refractivity contribution in [2.45, 2.75) is 32.4 Å². The number of rotatable bonds is 7. The molecule has 5 heteroatoms. The van der Waals surface area contributed by atoms with Crippen LogP contribution in [0.3, 0.4) is 0 Å². The summed E-state index contributed by atoms with van der Waals surface area (Å²) in [7, 11) is 0. The number of thiophene rings is 1. The molecule has 1 atom stereocenters. The smallest absolute Gasteiger partial charge is 0.308 e. The summed E-state index contributed by atoms with van der Waals surface area (Å²) in [6, 6.07) is 4.07. The molecule has 3 N–H and O–H groups in total. The average Bonchev–Trinajstić information content (AvgIpc) is 2.62. The molecule has 0 aliphatic heterocycles. The zero-order valence-corrected chi connectivity index (χ0v) is 10.1. The van der Waals surface area contributed by atoms with Crippen molar-refractivity contribution >= 4 is 17.3 Å². The van der Waals surface area contributed by atoms with E-state index in [4.69, 9.17) is 10.2 Å². The number of aliphatic hydroxyl groups excluding tert-OH is 1. The van der Waals surface area contributed by atoms with Gasteiger partial charge in [0.15, 0.2) is 0 Å². The minimum Gasteiger partial charge on any atom is -0.481 e. The zero-order chi connectivity index (χ0) is 12.0. The van der Waals surface area contributed by atoms with E-state index < -0.39 is 5.97 Å². The van der Waals surface area contributed by atoms with Gasteiger partial charge in [-0.15, -0.1) is 11.3 Å². The summed E-state index contributed by atoms with van der Waals surface area (Å²) >= 11 is 1.52. The monoisotopic (exact) mass is 243 g/mol. The van der Waals surface area contributed by atoms with Crippen molar-refractivity contribution in [2.75, 3.05) is 6.61 Å². The van der Waals surface area contributed by atoms with E-state index in [9.17, 15) is 4.79 Å². The van der Waals surface area contributed by atoms with Gasteiger partial charge >= 0.3 is 5.97 Å². The highest BCUT2D eigenvalue weighted by atomic mass is 32.1. The maximum Gasteiger partial charge on any atom is 0.308 e. The van der Waals surface area contributed by atoms with Gasteiger partial charge in [-0.25, -0.2) is 0 Å². The van der Waals surface area contributed by atoms with Gasteiger partial charge in [-0.3, -0.25) is 4.79 Å². The van der Waals surface area contributed by atoms with E-state index in [1.54, 1.807) is 0 Å². The molecule has 0 amide bonds. The van der Waals surface area contributed by atoms with Crippen molar-refractivity contribution in [3.05, 3.63) is 21.9 Å². The van der Waals surface area contributed by atoms with Crippen molar-refractivity contribution < 1.29 is 15.0 Å². The predicted molar refractivity (Wildman–Crippen MR) is 63.7 cm³/mol.